The van der Waals surface area contributed by atoms with Gasteiger partial charge in [0.25, 0.3) is 0 Å². The Hall–Kier alpha value is -3.39. The van der Waals surface area contributed by atoms with Gasteiger partial charge >= 0.3 is 12.1 Å². The van der Waals surface area contributed by atoms with Crippen LogP contribution in [0.3, 0.4) is 0 Å². The summed E-state index contributed by atoms with van der Waals surface area (Å²) < 4.78 is 11.3. The third-order valence-electron chi connectivity index (χ3n) is 6.73. The third kappa shape index (κ3) is 5.65. The monoisotopic (exact) mass is 480 g/mol. The van der Waals surface area contributed by atoms with Crippen molar-refractivity contribution in [3.8, 4) is 11.1 Å². The van der Waals surface area contributed by atoms with E-state index in [9.17, 15) is 14.4 Å². The lowest BCUT2D eigenvalue weighted by Gasteiger charge is -2.36. The molecule has 1 aliphatic heterocycles. The van der Waals surface area contributed by atoms with Crippen LogP contribution in [0, 0.1) is 5.92 Å². The molecule has 1 aliphatic carbocycles. The van der Waals surface area contributed by atoms with Crippen molar-refractivity contribution in [2.24, 2.45) is 5.92 Å². The van der Waals surface area contributed by atoms with Crippen molar-refractivity contribution in [1.82, 2.24) is 10.2 Å². The second-order valence-corrected chi connectivity index (χ2v) is 9.39. The molecule has 2 aromatic rings. The summed E-state index contributed by atoms with van der Waals surface area (Å²) in [6, 6.07) is 15.1. The Morgan fingerprint density at radius 2 is 1.71 bits per heavy atom. The smallest absolute Gasteiger partial charge is 0.407 e. The van der Waals surface area contributed by atoms with E-state index in [1.54, 1.807) is 4.90 Å². The fraction of sp³-hybridized carbons (Fsp3) is 0.444. The van der Waals surface area contributed by atoms with Crippen LogP contribution in [0.1, 0.15) is 43.7 Å². The zero-order valence-electron chi connectivity index (χ0n) is 20.1. The fourth-order valence-corrected chi connectivity index (χ4v) is 4.81. The Morgan fingerprint density at radius 3 is 2.31 bits per heavy atom. The summed E-state index contributed by atoms with van der Waals surface area (Å²) in [5.41, 5.74) is 4.43. The Morgan fingerprint density at radius 1 is 1.09 bits per heavy atom. The Kier molecular flexibility index (Phi) is 7.70. The molecule has 0 radical (unpaired) electrons. The maximum absolute atomic E-state index is 13.2. The van der Waals surface area contributed by atoms with Gasteiger partial charge in [0.1, 0.15) is 12.6 Å². The summed E-state index contributed by atoms with van der Waals surface area (Å²) >= 11 is 0. The summed E-state index contributed by atoms with van der Waals surface area (Å²) in [7, 11) is 0. The van der Waals surface area contributed by atoms with Crippen molar-refractivity contribution in [3.63, 3.8) is 0 Å². The predicted octanol–water partition coefficient (Wildman–Crippen LogP) is 3.64. The first-order chi connectivity index (χ1) is 16.8. The summed E-state index contributed by atoms with van der Waals surface area (Å²) in [4.78, 5) is 38.8. The molecule has 0 aromatic heterocycles. The Balaban J connectivity index is 1.42. The van der Waals surface area contributed by atoms with Gasteiger partial charge in [-0.15, -0.1) is 0 Å². The van der Waals surface area contributed by atoms with Gasteiger partial charge in [-0.2, -0.15) is 0 Å². The number of nitrogens with zero attached hydrogens (tertiary/aromatic N) is 1. The maximum Gasteiger partial charge on any atom is 0.407 e. The predicted molar refractivity (Wildman–Crippen MR) is 130 cm³/mol. The van der Waals surface area contributed by atoms with Gasteiger partial charge < -0.3 is 24.8 Å². The van der Waals surface area contributed by atoms with E-state index in [2.05, 4.69) is 17.4 Å². The molecule has 35 heavy (non-hydrogen) atoms. The molecule has 2 aliphatic rings. The highest BCUT2D eigenvalue weighted by Gasteiger charge is 2.33. The summed E-state index contributed by atoms with van der Waals surface area (Å²) in [5, 5.41) is 11.8. The van der Waals surface area contributed by atoms with E-state index in [-0.39, 0.29) is 43.3 Å². The van der Waals surface area contributed by atoms with Crippen LogP contribution in [-0.4, -0.2) is 66.4 Å². The number of nitrogens with one attached hydrogen (secondary N) is 1. The topological polar surface area (TPSA) is 105 Å². The zero-order valence-corrected chi connectivity index (χ0v) is 20.1. The quantitative estimate of drug-likeness (QED) is 0.598. The molecule has 0 spiro atoms. The number of benzene rings is 2. The SMILES string of the molecule is CC(C)C1CN(C(=O)C(CCC(=O)O)NC(=O)OCC2c3ccccc3-c3ccccc32)CCO1. The van der Waals surface area contributed by atoms with Gasteiger partial charge in [0, 0.05) is 25.4 Å². The second kappa shape index (κ2) is 10.9. The van der Waals surface area contributed by atoms with E-state index in [1.165, 1.54) is 0 Å². The molecule has 2 aromatic carbocycles. The van der Waals surface area contributed by atoms with E-state index in [0.29, 0.717) is 19.7 Å². The first-order valence-electron chi connectivity index (χ1n) is 12.1. The molecule has 186 valence electrons. The average molecular weight is 481 g/mol. The van der Waals surface area contributed by atoms with E-state index in [0.717, 1.165) is 22.3 Å². The first kappa shape index (κ1) is 24.7. The number of carbonyl (C=O) groups excluding carboxylic acids is 2. The number of amides is 2. The lowest BCUT2D eigenvalue weighted by Crippen LogP contribution is -2.54. The van der Waals surface area contributed by atoms with Crippen LogP contribution in [0.2, 0.25) is 0 Å². The van der Waals surface area contributed by atoms with Gasteiger partial charge in [0.05, 0.1) is 12.7 Å². The Bertz CT molecular complexity index is 1040. The fourth-order valence-electron chi connectivity index (χ4n) is 4.81. The number of morpholine rings is 1. The Labute approximate surface area is 205 Å². The molecular formula is C27H32N2O6. The van der Waals surface area contributed by atoms with Gasteiger partial charge in [0.15, 0.2) is 0 Å². The van der Waals surface area contributed by atoms with Crippen molar-refractivity contribution < 1.29 is 29.0 Å². The number of rotatable bonds is 8. The molecule has 2 N–H and O–H groups in total. The van der Waals surface area contributed by atoms with Crippen LogP contribution < -0.4 is 5.32 Å². The average Bonchev–Trinajstić information content (AvgIpc) is 3.18. The normalized spacial score (nSPS) is 18.0. The number of ether oxygens (including phenoxy) is 2. The number of hydrogen-bond donors (Lipinski definition) is 2. The standard InChI is InChI=1S/C27H32N2O6/c1-17(2)24-15-29(13-14-34-24)26(32)23(11-12-25(30)31)28-27(33)35-16-22-20-9-5-3-7-18(20)19-8-4-6-10-21(19)22/h3-10,17,22-24H,11-16H2,1-2H3,(H,28,33)(H,30,31). The van der Waals surface area contributed by atoms with E-state index in [1.807, 2.05) is 50.2 Å². The molecule has 8 heteroatoms. The molecule has 1 fully saturated rings. The minimum Gasteiger partial charge on any atom is -0.481 e. The van der Waals surface area contributed by atoms with Crippen molar-refractivity contribution in [1.29, 1.82) is 0 Å². The molecule has 0 saturated carbocycles. The van der Waals surface area contributed by atoms with Crippen LogP contribution in [0.5, 0.6) is 0 Å². The van der Waals surface area contributed by atoms with Gasteiger partial charge in [-0.3, -0.25) is 9.59 Å². The van der Waals surface area contributed by atoms with Crippen LogP contribution in [0.4, 0.5) is 4.79 Å². The summed E-state index contributed by atoms with van der Waals surface area (Å²) in [6.07, 6.45) is -1.08. The van der Waals surface area contributed by atoms with E-state index >= 15 is 0 Å². The molecule has 2 unspecified atom stereocenters. The molecule has 0 bridgehead atoms. The van der Waals surface area contributed by atoms with Crippen LogP contribution in [-0.2, 0) is 19.1 Å². The van der Waals surface area contributed by atoms with Crippen molar-refractivity contribution in [3.05, 3.63) is 59.7 Å². The van der Waals surface area contributed by atoms with Gasteiger partial charge in [0.2, 0.25) is 5.91 Å². The molecule has 4 rings (SSSR count). The van der Waals surface area contributed by atoms with Crippen LogP contribution in [0.25, 0.3) is 11.1 Å². The number of hydrogen-bond acceptors (Lipinski definition) is 5. The molecule has 2 amide bonds. The molecule has 1 saturated heterocycles. The van der Waals surface area contributed by atoms with E-state index in [4.69, 9.17) is 14.6 Å². The number of fused-ring (bicyclic) bond motifs is 3. The maximum atomic E-state index is 13.2. The van der Waals surface area contributed by atoms with Crippen molar-refractivity contribution in [2.75, 3.05) is 26.3 Å². The highest BCUT2D eigenvalue weighted by Crippen LogP contribution is 2.44. The van der Waals surface area contributed by atoms with Crippen molar-refractivity contribution in [2.45, 2.75) is 44.8 Å². The number of aliphatic carboxylic acids is 1. The van der Waals surface area contributed by atoms with E-state index < -0.39 is 18.1 Å². The number of carbonyl (C=O) groups is 3. The number of carboxylic acids is 1. The summed E-state index contributed by atoms with van der Waals surface area (Å²) in [6.45, 7) is 5.38. The first-order valence-corrected chi connectivity index (χ1v) is 12.1. The molecule has 1 heterocycles. The lowest BCUT2D eigenvalue weighted by molar-refractivity contribution is -0.143. The zero-order chi connectivity index (χ0) is 24.9. The molecule has 2 atom stereocenters. The number of alkyl carbamates (subject to hydrolysis) is 1. The summed E-state index contributed by atoms with van der Waals surface area (Å²) in [5.74, 6) is -1.21. The highest BCUT2D eigenvalue weighted by molar-refractivity contribution is 5.86. The molecule has 8 nitrogen and oxygen atoms in total. The largest absolute Gasteiger partial charge is 0.481 e. The number of carboxylic acid groups (broad SMARTS) is 1. The minimum atomic E-state index is -1.03. The molecular weight excluding hydrogens is 448 g/mol. The highest BCUT2D eigenvalue weighted by atomic mass is 16.5. The van der Waals surface area contributed by atoms with Gasteiger partial charge in [-0.1, -0.05) is 62.4 Å². The van der Waals surface area contributed by atoms with Crippen LogP contribution >= 0.6 is 0 Å². The lowest BCUT2D eigenvalue weighted by atomic mass is 9.98. The van der Waals surface area contributed by atoms with Gasteiger partial charge in [-0.05, 0) is 34.6 Å². The van der Waals surface area contributed by atoms with Crippen LogP contribution in [0.15, 0.2) is 48.5 Å². The van der Waals surface area contributed by atoms with Crippen molar-refractivity contribution >= 4 is 18.0 Å². The second-order valence-electron chi connectivity index (χ2n) is 9.39. The minimum absolute atomic E-state index is 0.0118. The van der Waals surface area contributed by atoms with Gasteiger partial charge in [-0.25, -0.2) is 4.79 Å². The third-order valence-corrected chi connectivity index (χ3v) is 6.73.